The lowest BCUT2D eigenvalue weighted by Crippen LogP contribution is -2.46. The van der Waals surface area contributed by atoms with Gasteiger partial charge in [-0.15, -0.1) is 0 Å². The van der Waals surface area contributed by atoms with Crippen molar-refractivity contribution < 1.29 is 18.4 Å². The van der Waals surface area contributed by atoms with Crippen LogP contribution in [0.25, 0.3) is 17.0 Å². The van der Waals surface area contributed by atoms with E-state index in [1.54, 1.807) is 11.0 Å². The fourth-order valence-corrected chi connectivity index (χ4v) is 3.87. The van der Waals surface area contributed by atoms with Crippen molar-refractivity contribution in [1.29, 1.82) is 0 Å². The Morgan fingerprint density at radius 2 is 1.97 bits per heavy atom. The first-order chi connectivity index (χ1) is 15.9. The lowest BCUT2D eigenvalue weighted by Gasteiger charge is -2.35. The highest BCUT2D eigenvalue weighted by Crippen LogP contribution is 2.37. The highest BCUT2D eigenvalue weighted by molar-refractivity contribution is 5.86. The Morgan fingerprint density at radius 3 is 2.64 bits per heavy atom. The van der Waals surface area contributed by atoms with E-state index < -0.39 is 11.9 Å². The van der Waals surface area contributed by atoms with Gasteiger partial charge in [0.25, 0.3) is 5.89 Å². The molecule has 33 heavy (non-hydrogen) atoms. The van der Waals surface area contributed by atoms with E-state index in [0.717, 1.165) is 23.3 Å². The van der Waals surface area contributed by atoms with Crippen LogP contribution in [-0.4, -0.2) is 34.7 Å². The number of amides is 2. The van der Waals surface area contributed by atoms with Crippen LogP contribution in [0.3, 0.4) is 0 Å². The average molecular weight is 451 g/mol. The Labute approximate surface area is 192 Å². The van der Waals surface area contributed by atoms with Gasteiger partial charge in [0.2, 0.25) is 5.82 Å². The molecule has 0 saturated carbocycles. The number of allylic oxidation sites excluding steroid dienone is 1. The number of hydrogen-bond acceptors (Lipinski definition) is 5. The van der Waals surface area contributed by atoms with Crippen molar-refractivity contribution in [2.75, 3.05) is 13.7 Å². The van der Waals surface area contributed by atoms with Crippen LogP contribution in [0, 0.1) is 11.7 Å². The molecule has 0 radical (unpaired) electrons. The van der Waals surface area contributed by atoms with Gasteiger partial charge in [-0.05, 0) is 43.0 Å². The van der Waals surface area contributed by atoms with E-state index in [-0.39, 0.29) is 23.5 Å². The maximum absolute atomic E-state index is 14.2. The monoisotopic (exact) mass is 450 g/mol. The maximum Gasteiger partial charge on any atom is 0.322 e. The molecule has 0 saturated heterocycles. The zero-order chi connectivity index (χ0) is 23.5. The van der Waals surface area contributed by atoms with E-state index in [0.29, 0.717) is 18.0 Å². The smallest absolute Gasteiger partial charge is 0.322 e. The van der Waals surface area contributed by atoms with Crippen molar-refractivity contribution in [2.45, 2.75) is 33.2 Å². The number of methoxy groups -OCH3 is 1. The summed E-state index contributed by atoms with van der Waals surface area (Å²) in [4.78, 5) is 19.2. The molecule has 2 heterocycles. The van der Waals surface area contributed by atoms with Gasteiger partial charge < -0.3 is 14.6 Å². The predicted octanol–water partition coefficient (Wildman–Crippen LogP) is 5.43. The number of urea groups is 1. The Morgan fingerprint density at radius 1 is 1.21 bits per heavy atom. The molecule has 1 aliphatic rings. The van der Waals surface area contributed by atoms with Gasteiger partial charge >= 0.3 is 6.03 Å². The maximum atomic E-state index is 14.2. The Hall–Kier alpha value is -3.68. The molecular formula is C25H27FN4O3. The number of aromatic nitrogens is 2. The number of rotatable bonds is 7. The van der Waals surface area contributed by atoms with E-state index in [2.05, 4.69) is 29.3 Å². The third-order valence-corrected chi connectivity index (χ3v) is 5.73. The molecule has 1 unspecified atom stereocenters. The SMILES string of the molecule is COc1ccc(-c2noc(C3=C(C)N(CCC(C)C)C(=O)NC3c3ccccc3)n2)cc1F. The summed E-state index contributed by atoms with van der Waals surface area (Å²) in [6.45, 7) is 6.70. The molecule has 1 atom stereocenters. The van der Waals surface area contributed by atoms with Crippen molar-refractivity contribution >= 4 is 11.6 Å². The molecular weight excluding hydrogens is 423 g/mol. The molecule has 1 aromatic heterocycles. The van der Waals surface area contributed by atoms with Crippen LogP contribution in [0.5, 0.6) is 5.75 Å². The fraction of sp³-hybridized carbons (Fsp3) is 0.320. The van der Waals surface area contributed by atoms with Gasteiger partial charge in [-0.2, -0.15) is 4.98 Å². The topological polar surface area (TPSA) is 80.5 Å². The van der Waals surface area contributed by atoms with Crippen molar-refractivity contribution in [2.24, 2.45) is 5.92 Å². The van der Waals surface area contributed by atoms with Crippen molar-refractivity contribution in [1.82, 2.24) is 20.4 Å². The van der Waals surface area contributed by atoms with Crippen LogP contribution in [-0.2, 0) is 0 Å². The highest BCUT2D eigenvalue weighted by atomic mass is 19.1. The van der Waals surface area contributed by atoms with E-state index in [4.69, 9.17) is 9.26 Å². The van der Waals surface area contributed by atoms with Gasteiger partial charge in [-0.1, -0.05) is 49.3 Å². The van der Waals surface area contributed by atoms with Gasteiger partial charge in [0.1, 0.15) is 0 Å². The molecule has 0 aliphatic carbocycles. The molecule has 2 amide bonds. The molecule has 3 aromatic rings. The number of nitrogens with one attached hydrogen (secondary N) is 1. The molecule has 7 nitrogen and oxygen atoms in total. The van der Waals surface area contributed by atoms with Crippen LogP contribution < -0.4 is 10.1 Å². The number of benzene rings is 2. The number of hydrogen-bond donors (Lipinski definition) is 1. The summed E-state index contributed by atoms with van der Waals surface area (Å²) in [7, 11) is 1.41. The number of ether oxygens (including phenoxy) is 1. The van der Waals surface area contributed by atoms with Gasteiger partial charge in [-0.25, -0.2) is 9.18 Å². The Balaban J connectivity index is 1.77. The molecule has 0 spiro atoms. The molecule has 172 valence electrons. The predicted molar refractivity (Wildman–Crippen MR) is 123 cm³/mol. The molecule has 2 aromatic carbocycles. The normalized spacial score (nSPS) is 16.4. The zero-order valence-corrected chi connectivity index (χ0v) is 19.1. The molecule has 1 N–H and O–H groups in total. The lowest BCUT2D eigenvalue weighted by molar-refractivity contribution is 0.202. The van der Waals surface area contributed by atoms with E-state index in [9.17, 15) is 9.18 Å². The van der Waals surface area contributed by atoms with Gasteiger partial charge in [0, 0.05) is 17.8 Å². The van der Waals surface area contributed by atoms with E-state index in [1.807, 2.05) is 37.3 Å². The quantitative estimate of drug-likeness (QED) is 0.519. The van der Waals surface area contributed by atoms with Crippen LogP contribution in [0.4, 0.5) is 9.18 Å². The molecule has 0 fully saturated rings. The number of nitrogens with zero attached hydrogens (tertiary/aromatic N) is 3. The van der Waals surface area contributed by atoms with E-state index >= 15 is 0 Å². The summed E-state index contributed by atoms with van der Waals surface area (Å²) in [6.07, 6.45) is 0.855. The summed E-state index contributed by atoms with van der Waals surface area (Å²) in [5.41, 5.74) is 2.84. The van der Waals surface area contributed by atoms with Crippen molar-refractivity contribution in [3.05, 3.63) is 71.5 Å². The summed E-state index contributed by atoms with van der Waals surface area (Å²) in [6, 6.07) is 13.5. The lowest BCUT2D eigenvalue weighted by atomic mass is 9.94. The standard InChI is InChI=1S/C25H27FN4O3/c1-15(2)12-13-30-16(3)21(22(27-25(30)31)17-8-6-5-7-9-17)24-28-23(29-33-24)18-10-11-20(32-4)19(26)14-18/h5-11,14-15,22H,12-13H2,1-4H3,(H,27,31). The number of carbonyl (C=O) groups is 1. The van der Waals surface area contributed by atoms with Crippen molar-refractivity contribution in [3.8, 4) is 17.1 Å². The second-order valence-corrected chi connectivity index (χ2v) is 8.40. The third-order valence-electron chi connectivity index (χ3n) is 5.73. The third kappa shape index (κ3) is 4.60. The Bertz CT molecular complexity index is 1170. The minimum absolute atomic E-state index is 0.140. The van der Waals surface area contributed by atoms with E-state index in [1.165, 1.54) is 19.2 Å². The molecule has 8 heteroatoms. The molecule has 4 rings (SSSR count). The first-order valence-electron chi connectivity index (χ1n) is 10.9. The minimum atomic E-state index is -0.510. The summed E-state index contributed by atoms with van der Waals surface area (Å²) in [5, 5.41) is 7.16. The highest BCUT2D eigenvalue weighted by Gasteiger charge is 2.35. The zero-order valence-electron chi connectivity index (χ0n) is 19.1. The first kappa shape index (κ1) is 22.5. The summed E-state index contributed by atoms with van der Waals surface area (Å²) >= 11 is 0. The van der Waals surface area contributed by atoms with Crippen molar-refractivity contribution in [3.63, 3.8) is 0 Å². The largest absolute Gasteiger partial charge is 0.494 e. The number of halogens is 1. The van der Waals surface area contributed by atoms with Crippen LogP contribution in [0.15, 0.2) is 58.8 Å². The second-order valence-electron chi connectivity index (χ2n) is 8.40. The summed E-state index contributed by atoms with van der Waals surface area (Å²) in [5.74, 6) is 0.608. The molecule has 0 bridgehead atoms. The van der Waals surface area contributed by atoms with Gasteiger partial charge in [0.15, 0.2) is 11.6 Å². The molecule has 1 aliphatic heterocycles. The second kappa shape index (κ2) is 9.44. The van der Waals surface area contributed by atoms with Crippen LogP contribution in [0.1, 0.15) is 44.7 Å². The van der Waals surface area contributed by atoms with Gasteiger partial charge in [0.05, 0.1) is 18.7 Å². The number of carbonyl (C=O) groups excluding carboxylic acids is 1. The van der Waals surface area contributed by atoms with Crippen LogP contribution in [0.2, 0.25) is 0 Å². The first-order valence-corrected chi connectivity index (χ1v) is 10.9. The summed E-state index contributed by atoms with van der Waals surface area (Å²) < 4.78 is 24.8. The van der Waals surface area contributed by atoms with Gasteiger partial charge in [-0.3, -0.25) is 4.90 Å². The average Bonchev–Trinajstić information content (AvgIpc) is 3.28. The Kier molecular flexibility index (Phi) is 6.44. The van der Waals surface area contributed by atoms with Crippen LogP contribution >= 0.6 is 0 Å². The minimum Gasteiger partial charge on any atom is -0.494 e. The fourth-order valence-electron chi connectivity index (χ4n) is 3.87.